The third-order valence-electron chi connectivity index (χ3n) is 4.41. The molecule has 0 aliphatic rings. The van der Waals surface area contributed by atoms with E-state index in [0.717, 1.165) is 5.56 Å². The Balaban J connectivity index is 2.72. The molecular weight excluding hydrogens is 332 g/mol. The van der Waals surface area contributed by atoms with Gasteiger partial charge in [0.1, 0.15) is 6.61 Å². The van der Waals surface area contributed by atoms with Gasteiger partial charge in [0.2, 0.25) is 5.88 Å². The third kappa shape index (κ3) is 6.63. The number of nitrogens with zero attached hydrogens (tertiary/aromatic N) is 2. The number of allylic oxidation sites excluding steroid dienone is 1. The fraction of sp³-hybridized carbons (Fsp3) is 0.579. The van der Waals surface area contributed by atoms with Gasteiger partial charge in [-0.05, 0) is 36.7 Å². The van der Waals surface area contributed by atoms with Crippen molar-refractivity contribution in [2.45, 2.75) is 45.8 Å². The molecule has 1 aromatic heterocycles. The van der Waals surface area contributed by atoms with Crippen molar-refractivity contribution >= 4 is 19.7 Å². The smallest absolute Gasteiger partial charge is 0.213 e. The van der Waals surface area contributed by atoms with Crippen LogP contribution >= 0.6 is 0 Å². The lowest BCUT2D eigenvalue weighted by atomic mass is 10.1. The molecule has 0 aliphatic carbocycles. The second kappa shape index (κ2) is 8.63. The predicted octanol–water partition coefficient (Wildman–Crippen LogP) is 3.97. The Morgan fingerprint density at radius 1 is 1.28 bits per heavy atom. The second-order valence-electron chi connectivity index (χ2n) is 7.90. The standard InChI is InChI=1S/C19H32N2O3Si/c1-15(22)17(14-21(5)6)16-9-10-20-18(13-16)23-11-12-24-25(7,8)19(2,3)4/h9-10,13-14H,11-12H2,1-8H3. The summed E-state index contributed by atoms with van der Waals surface area (Å²) in [5.41, 5.74) is 1.44. The number of aromatic nitrogens is 1. The van der Waals surface area contributed by atoms with Gasteiger partial charge in [-0.1, -0.05) is 20.8 Å². The molecule has 0 spiro atoms. The number of Topliss-reactive ketones (excluding diaryl/α,β-unsaturated/α-hetero) is 1. The molecule has 0 aliphatic heterocycles. The summed E-state index contributed by atoms with van der Waals surface area (Å²) in [5, 5.41) is 0.179. The zero-order chi connectivity index (χ0) is 19.3. The monoisotopic (exact) mass is 364 g/mol. The van der Waals surface area contributed by atoms with E-state index in [2.05, 4.69) is 38.8 Å². The van der Waals surface area contributed by atoms with Crippen molar-refractivity contribution in [1.82, 2.24) is 9.88 Å². The van der Waals surface area contributed by atoms with Crippen LogP contribution in [-0.2, 0) is 9.22 Å². The van der Waals surface area contributed by atoms with E-state index in [1.54, 1.807) is 19.2 Å². The highest BCUT2D eigenvalue weighted by Gasteiger charge is 2.36. The minimum atomic E-state index is -1.76. The van der Waals surface area contributed by atoms with Gasteiger partial charge >= 0.3 is 0 Å². The van der Waals surface area contributed by atoms with Crippen LogP contribution in [0.15, 0.2) is 24.5 Å². The van der Waals surface area contributed by atoms with E-state index in [-0.39, 0.29) is 10.8 Å². The summed E-state index contributed by atoms with van der Waals surface area (Å²) in [6, 6.07) is 3.61. The second-order valence-corrected chi connectivity index (χ2v) is 12.7. The quantitative estimate of drug-likeness (QED) is 0.397. The van der Waals surface area contributed by atoms with Crippen molar-refractivity contribution in [2.75, 3.05) is 27.3 Å². The van der Waals surface area contributed by atoms with Crippen LogP contribution in [0.2, 0.25) is 18.1 Å². The maximum Gasteiger partial charge on any atom is 0.213 e. The third-order valence-corrected chi connectivity index (χ3v) is 8.95. The first kappa shape index (κ1) is 21.4. The van der Waals surface area contributed by atoms with E-state index >= 15 is 0 Å². The molecule has 0 N–H and O–H groups in total. The van der Waals surface area contributed by atoms with Crippen LogP contribution in [0.5, 0.6) is 5.88 Å². The summed E-state index contributed by atoms with van der Waals surface area (Å²) in [4.78, 5) is 18.0. The molecule has 0 atom stereocenters. The molecule has 0 saturated heterocycles. The van der Waals surface area contributed by atoms with Crippen molar-refractivity contribution in [2.24, 2.45) is 0 Å². The van der Waals surface area contributed by atoms with Crippen LogP contribution in [0.4, 0.5) is 0 Å². The number of carbonyl (C=O) groups is 1. The zero-order valence-electron chi connectivity index (χ0n) is 16.8. The van der Waals surface area contributed by atoms with E-state index in [4.69, 9.17) is 9.16 Å². The van der Waals surface area contributed by atoms with Gasteiger partial charge in [0.25, 0.3) is 0 Å². The molecule has 0 unspecified atom stereocenters. The Morgan fingerprint density at radius 2 is 1.92 bits per heavy atom. The Kier molecular flexibility index (Phi) is 7.38. The number of hydrogen-bond acceptors (Lipinski definition) is 5. The predicted molar refractivity (Wildman–Crippen MR) is 105 cm³/mol. The van der Waals surface area contributed by atoms with Gasteiger partial charge in [0.15, 0.2) is 14.1 Å². The van der Waals surface area contributed by atoms with Gasteiger partial charge in [-0.25, -0.2) is 4.98 Å². The topological polar surface area (TPSA) is 51.7 Å². The molecule has 0 amide bonds. The van der Waals surface area contributed by atoms with Crippen LogP contribution in [-0.4, -0.2) is 51.3 Å². The lowest BCUT2D eigenvalue weighted by molar-refractivity contribution is -0.111. The van der Waals surface area contributed by atoms with Gasteiger partial charge in [-0.2, -0.15) is 0 Å². The minimum absolute atomic E-state index is 0.00658. The first-order chi connectivity index (χ1) is 11.4. The van der Waals surface area contributed by atoms with Crippen LogP contribution in [0.3, 0.4) is 0 Å². The molecule has 6 heteroatoms. The number of carbonyl (C=O) groups excluding carboxylic acids is 1. The number of hydrogen-bond donors (Lipinski definition) is 0. The molecular formula is C19H32N2O3Si. The van der Waals surface area contributed by atoms with Crippen molar-refractivity contribution in [1.29, 1.82) is 0 Å². The normalized spacial score (nSPS) is 12.9. The summed E-state index contributed by atoms with van der Waals surface area (Å²) in [5.74, 6) is 0.509. The Hall–Kier alpha value is -1.66. The van der Waals surface area contributed by atoms with Gasteiger partial charge < -0.3 is 14.1 Å². The number of ketones is 1. The Labute approximate surface area is 153 Å². The summed E-state index contributed by atoms with van der Waals surface area (Å²) in [6.45, 7) is 13.6. The van der Waals surface area contributed by atoms with E-state index in [0.29, 0.717) is 24.7 Å². The zero-order valence-corrected chi connectivity index (χ0v) is 17.8. The van der Waals surface area contributed by atoms with Crippen molar-refractivity contribution in [3.05, 3.63) is 30.1 Å². The van der Waals surface area contributed by atoms with Crippen molar-refractivity contribution < 1.29 is 14.0 Å². The summed E-state index contributed by atoms with van der Waals surface area (Å²) in [6.07, 6.45) is 3.47. The van der Waals surface area contributed by atoms with Crippen molar-refractivity contribution in [3.8, 4) is 5.88 Å². The molecule has 0 radical (unpaired) electrons. The lowest BCUT2D eigenvalue weighted by Crippen LogP contribution is -2.41. The van der Waals surface area contributed by atoms with E-state index in [1.807, 2.05) is 31.3 Å². The van der Waals surface area contributed by atoms with Crippen LogP contribution in [0, 0.1) is 0 Å². The average Bonchev–Trinajstić information content (AvgIpc) is 2.48. The molecule has 1 rings (SSSR count). The molecule has 140 valence electrons. The molecule has 1 heterocycles. The SMILES string of the molecule is CC(=O)C(=CN(C)C)c1ccnc(OCCO[Si](C)(C)C(C)(C)C)c1. The Bertz CT molecular complexity index is 619. The maximum atomic E-state index is 11.9. The number of pyridine rings is 1. The van der Waals surface area contributed by atoms with Gasteiger partial charge in [0.05, 0.1) is 6.61 Å². The fourth-order valence-corrected chi connectivity index (χ4v) is 2.97. The molecule has 0 bridgehead atoms. The average molecular weight is 365 g/mol. The van der Waals surface area contributed by atoms with Gasteiger partial charge in [-0.3, -0.25) is 4.79 Å². The summed E-state index contributed by atoms with van der Waals surface area (Å²) < 4.78 is 11.8. The highest BCUT2D eigenvalue weighted by Crippen LogP contribution is 2.36. The molecule has 25 heavy (non-hydrogen) atoms. The number of ether oxygens (including phenoxy) is 1. The highest BCUT2D eigenvalue weighted by molar-refractivity contribution is 6.74. The van der Waals surface area contributed by atoms with Gasteiger partial charge in [0, 0.05) is 38.1 Å². The van der Waals surface area contributed by atoms with Crippen LogP contribution in [0.25, 0.3) is 5.57 Å². The molecule has 5 nitrogen and oxygen atoms in total. The summed E-state index contributed by atoms with van der Waals surface area (Å²) >= 11 is 0. The van der Waals surface area contributed by atoms with E-state index < -0.39 is 8.32 Å². The van der Waals surface area contributed by atoms with E-state index in [9.17, 15) is 4.79 Å². The van der Waals surface area contributed by atoms with E-state index in [1.165, 1.54) is 0 Å². The first-order valence-corrected chi connectivity index (χ1v) is 11.5. The molecule has 0 saturated carbocycles. The highest BCUT2D eigenvalue weighted by atomic mass is 28.4. The largest absolute Gasteiger partial charge is 0.475 e. The van der Waals surface area contributed by atoms with Crippen molar-refractivity contribution in [3.63, 3.8) is 0 Å². The molecule has 1 aromatic rings. The number of rotatable bonds is 8. The van der Waals surface area contributed by atoms with Crippen LogP contribution in [0.1, 0.15) is 33.3 Å². The van der Waals surface area contributed by atoms with Crippen LogP contribution < -0.4 is 4.74 Å². The molecule has 0 aromatic carbocycles. The maximum absolute atomic E-state index is 11.9. The molecule has 0 fully saturated rings. The first-order valence-electron chi connectivity index (χ1n) is 8.56. The summed E-state index contributed by atoms with van der Waals surface area (Å²) in [7, 11) is 2.01. The van der Waals surface area contributed by atoms with Gasteiger partial charge in [-0.15, -0.1) is 0 Å². The fourth-order valence-electron chi connectivity index (χ4n) is 1.94. The lowest BCUT2D eigenvalue weighted by Gasteiger charge is -2.36. The Morgan fingerprint density at radius 3 is 2.44 bits per heavy atom. The minimum Gasteiger partial charge on any atom is -0.475 e.